The van der Waals surface area contributed by atoms with E-state index in [2.05, 4.69) is 10.3 Å². The third-order valence-electron chi connectivity index (χ3n) is 4.19. The van der Waals surface area contributed by atoms with Crippen LogP contribution < -0.4 is 5.32 Å². The molecule has 1 aliphatic heterocycles. The van der Waals surface area contributed by atoms with Gasteiger partial charge in [0.1, 0.15) is 5.60 Å². The van der Waals surface area contributed by atoms with E-state index in [1.807, 2.05) is 0 Å². The molecule has 1 saturated heterocycles. The molecular weight excluding hydrogens is 364 g/mol. The molecule has 0 spiro atoms. The lowest BCUT2D eigenvalue weighted by atomic mass is 9.94. The number of aliphatic hydroxyl groups is 1. The highest BCUT2D eigenvalue weighted by Gasteiger charge is 2.31. The predicted molar refractivity (Wildman–Crippen MR) is 103 cm³/mol. The van der Waals surface area contributed by atoms with E-state index in [1.54, 1.807) is 40.0 Å². The third-order valence-corrected chi connectivity index (χ3v) is 4.19. The standard InChI is InChI=1S/C20H30N2O6/c1-5-26-18(24)7-6-14-10-13(23)11-17(27-14)15-8-9-21-12-16(15)22-19(25)28-20(2,3)4/h8-9,12-14,17,23H,5-7,10-11H2,1-4H3,(H,22,25). The summed E-state index contributed by atoms with van der Waals surface area (Å²) in [5, 5.41) is 13.0. The molecule has 3 unspecified atom stereocenters. The van der Waals surface area contributed by atoms with Crippen LogP contribution in [0.5, 0.6) is 0 Å². The maximum Gasteiger partial charge on any atom is 0.412 e. The van der Waals surface area contributed by atoms with Crippen molar-refractivity contribution in [3.05, 3.63) is 24.0 Å². The van der Waals surface area contributed by atoms with Crippen LogP contribution in [0, 0.1) is 0 Å². The van der Waals surface area contributed by atoms with Gasteiger partial charge in [0.2, 0.25) is 0 Å². The van der Waals surface area contributed by atoms with Crippen molar-refractivity contribution < 1.29 is 28.9 Å². The van der Waals surface area contributed by atoms with E-state index in [-0.39, 0.29) is 18.5 Å². The molecule has 0 aliphatic carbocycles. The van der Waals surface area contributed by atoms with Gasteiger partial charge in [-0.3, -0.25) is 15.1 Å². The largest absolute Gasteiger partial charge is 0.466 e. The minimum atomic E-state index is -0.623. The number of pyridine rings is 1. The smallest absolute Gasteiger partial charge is 0.412 e. The average molecular weight is 394 g/mol. The summed E-state index contributed by atoms with van der Waals surface area (Å²) in [6.07, 6.45) is 2.82. The average Bonchev–Trinajstić information content (AvgIpc) is 2.58. The van der Waals surface area contributed by atoms with E-state index in [0.717, 1.165) is 0 Å². The van der Waals surface area contributed by atoms with Crippen LogP contribution >= 0.6 is 0 Å². The fraction of sp³-hybridized carbons (Fsp3) is 0.650. The lowest BCUT2D eigenvalue weighted by Gasteiger charge is -2.34. The Labute approximate surface area is 165 Å². The van der Waals surface area contributed by atoms with Crippen molar-refractivity contribution in [2.75, 3.05) is 11.9 Å². The molecule has 28 heavy (non-hydrogen) atoms. The number of amides is 1. The van der Waals surface area contributed by atoms with Crippen LogP contribution in [0.25, 0.3) is 0 Å². The summed E-state index contributed by atoms with van der Waals surface area (Å²) in [5.74, 6) is -0.279. The second-order valence-electron chi connectivity index (χ2n) is 7.81. The number of carbonyl (C=O) groups is 2. The van der Waals surface area contributed by atoms with Crippen LogP contribution in [0.15, 0.2) is 18.5 Å². The number of carbonyl (C=O) groups excluding carboxylic acids is 2. The van der Waals surface area contributed by atoms with Crippen molar-refractivity contribution in [1.29, 1.82) is 0 Å². The van der Waals surface area contributed by atoms with Gasteiger partial charge < -0.3 is 19.3 Å². The highest BCUT2D eigenvalue weighted by Crippen LogP contribution is 2.36. The maximum atomic E-state index is 12.1. The zero-order chi connectivity index (χ0) is 20.7. The van der Waals surface area contributed by atoms with Crippen molar-refractivity contribution in [3.8, 4) is 0 Å². The number of nitrogens with zero attached hydrogens (tertiary/aromatic N) is 1. The van der Waals surface area contributed by atoms with Gasteiger partial charge in [0.25, 0.3) is 0 Å². The number of hydrogen-bond acceptors (Lipinski definition) is 7. The zero-order valence-electron chi connectivity index (χ0n) is 16.9. The highest BCUT2D eigenvalue weighted by molar-refractivity contribution is 5.85. The van der Waals surface area contributed by atoms with E-state index in [0.29, 0.717) is 37.1 Å². The van der Waals surface area contributed by atoms with Gasteiger partial charge in [0, 0.05) is 24.6 Å². The van der Waals surface area contributed by atoms with Crippen molar-refractivity contribution in [1.82, 2.24) is 4.98 Å². The number of nitrogens with one attached hydrogen (secondary N) is 1. The van der Waals surface area contributed by atoms with Crippen molar-refractivity contribution in [2.24, 2.45) is 0 Å². The summed E-state index contributed by atoms with van der Waals surface area (Å²) in [7, 11) is 0. The van der Waals surface area contributed by atoms with Gasteiger partial charge in [-0.25, -0.2) is 4.79 Å². The molecule has 156 valence electrons. The SMILES string of the molecule is CCOC(=O)CCC1CC(O)CC(c2ccncc2NC(=O)OC(C)(C)C)O1. The molecule has 2 N–H and O–H groups in total. The Bertz CT molecular complexity index is 673. The summed E-state index contributed by atoms with van der Waals surface area (Å²) in [4.78, 5) is 27.8. The molecule has 1 aliphatic rings. The zero-order valence-corrected chi connectivity index (χ0v) is 16.9. The van der Waals surface area contributed by atoms with E-state index in [1.165, 1.54) is 6.20 Å². The van der Waals surface area contributed by atoms with Crippen LogP contribution in [-0.4, -0.2) is 46.6 Å². The Balaban J connectivity index is 2.06. The van der Waals surface area contributed by atoms with Crippen molar-refractivity contribution in [3.63, 3.8) is 0 Å². The van der Waals surface area contributed by atoms with Crippen molar-refractivity contribution >= 4 is 17.7 Å². The molecular formula is C20H30N2O6. The molecule has 0 radical (unpaired) electrons. The molecule has 0 bridgehead atoms. The third kappa shape index (κ3) is 7.09. The predicted octanol–water partition coefficient (Wildman–Crippen LogP) is 3.35. The molecule has 1 fully saturated rings. The second-order valence-corrected chi connectivity index (χ2v) is 7.81. The Morgan fingerprint density at radius 2 is 2.11 bits per heavy atom. The molecule has 1 amide bonds. The first-order valence-electron chi connectivity index (χ1n) is 9.61. The van der Waals surface area contributed by atoms with Gasteiger partial charge in [-0.15, -0.1) is 0 Å². The molecule has 3 atom stereocenters. The lowest BCUT2D eigenvalue weighted by Crippen LogP contribution is -2.32. The van der Waals surface area contributed by atoms with Gasteiger partial charge in [-0.1, -0.05) is 0 Å². The minimum absolute atomic E-state index is 0.233. The quantitative estimate of drug-likeness (QED) is 0.713. The fourth-order valence-corrected chi connectivity index (χ4v) is 3.09. The number of esters is 1. The van der Waals surface area contributed by atoms with E-state index >= 15 is 0 Å². The topological polar surface area (TPSA) is 107 Å². The Kier molecular flexibility index (Phi) is 7.77. The highest BCUT2D eigenvalue weighted by atomic mass is 16.6. The van der Waals surface area contributed by atoms with Gasteiger partial charge in [0.05, 0.1) is 36.8 Å². The Morgan fingerprint density at radius 1 is 1.36 bits per heavy atom. The Hall–Kier alpha value is -2.19. The fourth-order valence-electron chi connectivity index (χ4n) is 3.09. The first kappa shape index (κ1) is 22.1. The first-order valence-corrected chi connectivity index (χ1v) is 9.61. The summed E-state index contributed by atoms with van der Waals surface area (Å²) in [6, 6.07) is 1.75. The normalized spacial score (nSPS) is 22.4. The molecule has 8 nitrogen and oxygen atoms in total. The van der Waals surface area contributed by atoms with Crippen LogP contribution in [0.1, 0.15) is 65.0 Å². The molecule has 8 heteroatoms. The first-order chi connectivity index (χ1) is 13.2. The number of rotatable bonds is 6. The van der Waals surface area contributed by atoms with Crippen LogP contribution in [0.3, 0.4) is 0 Å². The summed E-state index contributed by atoms with van der Waals surface area (Å²) in [6.45, 7) is 7.45. The number of aromatic nitrogens is 1. The number of anilines is 1. The monoisotopic (exact) mass is 394 g/mol. The Morgan fingerprint density at radius 3 is 2.79 bits per heavy atom. The molecule has 2 rings (SSSR count). The van der Waals surface area contributed by atoms with E-state index in [9.17, 15) is 14.7 Å². The molecule has 0 saturated carbocycles. The summed E-state index contributed by atoms with van der Waals surface area (Å²) in [5.41, 5.74) is 0.558. The minimum Gasteiger partial charge on any atom is -0.466 e. The molecule has 0 aromatic carbocycles. The van der Waals surface area contributed by atoms with E-state index < -0.39 is 23.9 Å². The number of hydrogen-bond donors (Lipinski definition) is 2. The van der Waals surface area contributed by atoms with Gasteiger partial charge in [-0.05, 0) is 46.6 Å². The van der Waals surface area contributed by atoms with Crippen LogP contribution in [0.4, 0.5) is 10.5 Å². The second kappa shape index (κ2) is 9.84. The van der Waals surface area contributed by atoms with Gasteiger partial charge in [0.15, 0.2) is 0 Å². The molecule has 1 aromatic heterocycles. The summed E-state index contributed by atoms with van der Waals surface area (Å²) >= 11 is 0. The lowest BCUT2D eigenvalue weighted by molar-refractivity contribution is -0.146. The van der Waals surface area contributed by atoms with Crippen LogP contribution in [-0.2, 0) is 19.0 Å². The van der Waals surface area contributed by atoms with E-state index in [4.69, 9.17) is 14.2 Å². The molecule has 2 heterocycles. The summed E-state index contributed by atoms with van der Waals surface area (Å²) < 4.78 is 16.3. The number of ether oxygens (including phenoxy) is 3. The maximum absolute atomic E-state index is 12.1. The van der Waals surface area contributed by atoms with Crippen LogP contribution in [0.2, 0.25) is 0 Å². The van der Waals surface area contributed by atoms with Gasteiger partial charge in [-0.2, -0.15) is 0 Å². The van der Waals surface area contributed by atoms with Gasteiger partial charge >= 0.3 is 12.1 Å². The van der Waals surface area contributed by atoms with Crippen molar-refractivity contribution in [2.45, 2.75) is 77.3 Å². The molecule has 1 aromatic rings. The number of aliphatic hydroxyl groups excluding tert-OH is 1.